The molecule has 0 aliphatic heterocycles. The zero-order chi connectivity index (χ0) is 10.8. The second-order valence-electron chi connectivity index (χ2n) is 4.10. The molecule has 0 spiro atoms. The minimum absolute atomic E-state index is 0.504. The number of nitrogens with two attached hydrogens (primary N) is 1. The summed E-state index contributed by atoms with van der Waals surface area (Å²) in [5, 5.41) is 0.504. The Bertz CT molecular complexity index is 348. The Hall–Kier alpha value is -0.960. The van der Waals surface area contributed by atoms with E-state index in [0.717, 1.165) is 5.82 Å². The highest BCUT2D eigenvalue weighted by Crippen LogP contribution is 2.29. The van der Waals surface area contributed by atoms with Crippen LogP contribution in [0.4, 0.5) is 11.5 Å². The molecule has 2 N–H and O–H groups in total. The molecule has 1 heterocycles. The fourth-order valence-corrected chi connectivity index (χ4v) is 2.33. The van der Waals surface area contributed by atoms with Gasteiger partial charge in [-0.15, -0.1) is 0 Å². The third kappa shape index (κ3) is 2.17. The van der Waals surface area contributed by atoms with Crippen molar-refractivity contribution >= 4 is 23.1 Å². The van der Waals surface area contributed by atoms with Gasteiger partial charge in [-0.2, -0.15) is 0 Å². The molecular formula is C11H16ClN3. The Kier molecular flexibility index (Phi) is 3.00. The van der Waals surface area contributed by atoms with Gasteiger partial charge in [-0.3, -0.25) is 0 Å². The average molecular weight is 226 g/mol. The Balaban J connectivity index is 2.23. The van der Waals surface area contributed by atoms with Gasteiger partial charge in [0.1, 0.15) is 5.15 Å². The van der Waals surface area contributed by atoms with Crippen molar-refractivity contribution in [3.63, 3.8) is 0 Å². The lowest BCUT2D eigenvalue weighted by Gasteiger charge is -2.26. The number of pyridine rings is 1. The van der Waals surface area contributed by atoms with Crippen molar-refractivity contribution in [2.45, 2.75) is 31.7 Å². The van der Waals surface area contributed by atoms with Gasteiger partial charge >= 0.3 is 0 Å². The summed E-state index contributed by atoms with van der Waals surface area (Å²) in [5.41, 5.74) is 6.60. The van der Waals surface area contributed by atoms with E-state index in [9.17, 15) is 0 Å². The lowest BCUT2D eigenvalue weighted by atomic mass is 10.2. The van der Waals surface area contributed by atoms with Crippen LogP contribution in [0.1, 0.15) is 25.7 Å². The minimum atomic E-state index is 0.504. The quantitative estimate of drug-likeness (QED) is 0.787. The van der Waals surface area contributed by atoms with Crippen LogP contribution >= 0.6 is 11.6 Å². The smallest absolute Gasteiger partial charge is 0.153 e. The van der Waals surface area contributed by atoms with E-state index in [1.165, 1.54) is 25.7 Å². The van der Waals surface area contributed by atoms with Gasteiger partial charge < -0.3 is 10.6 Å². The van der Waals surface area contributed by atoms with Crippen molar-refractivity contribution in [3.8, 4) is 0 Å². The van der Waals surface area contributed by atoms with Crippen molar-refractivity contribution < 1.29 is 0 Å². The second kappa shape index (κ2) is 4.27. The highest BCUT2D eigenvalue weighted by atomic mass is 35.5. The molecule has 2 rings (SSSR count). The third-order valence-electron chi connectivity index (χ3n) is 3.08. The first-order valence-electron chi connectivity index (χ1n) is 5.33. The molecule has 1 saturated carbocycles. The molecule has 0 bridgehead atoms. The molecule has 0 unspecified atom stereocenters. The van der Waals surface area contributed by atoms with Gasteiger partial charge in [-0.05, 0) is 25.0 Å². The first kappa shape index (κ1) is 10.6. The van der Waals surface area contributed by atoms with Gasteiger partial charge in [-0.1, -0.05) is 24.4 Å². The lowest BCUT2D eigenvalue weighted by Crippen LogP contribution is -2.30. The van der Waals surface area contributed by atoms with Crippen molar-refractivity contribution in [1.82, 2.24) is 4.98 Å². The van der Waals surface area contributed by atoms with Gasteiger partial charge in [0, 0.05) is 13.1 Å². The maximum atomic E-state index is 5.90. The molecule has 82 valence electrons. The van der Waals surface area contributed by atoms with Crippen molar-refractivity contribution in [2.24, 2.45) is 0 Å². The number of anilines is 2. The number of nitrogens with zero attached hydrogens (tertiary/aromatic N) is 2. The van der Waals surface area contributed by atoms with E-state index in [-0.39, 0.29) is 0 Å². The highest BCUT2D eigenvalue weighted by Gasteiger charge is 2.21. The van der Waals surface area contributed by atoms with Crippen LogP contribution in [0.3, 0.4) is 0 Å². The standard InChI is InChI=1S/C11H16ClN3/c1-15(8-4-2-3-5-8)11-9(13)6-7-10(12)14-11/h6-8H,2-5,13H2,1H3. The number of hydrogen-bond donors (Lipinski definition) is 1. The molecule has 0 radical (unpaired) electrons. The van der Waals surface area contributed by atoms with Crippen LogP contribution in [-0.2, 0) is 0 Å². The second-order valence-corrected chi connectivity index (χ2v) is 4.48. The predicted octanol–water partition coefficient (Wildman–Crippen LogP) is 2.70. The van der Waals surface area contributed by atoms with Gasteiger partial charge in [0.2, 0.25) is 0 Å². The molecule has 1 aromatic heterocycles. The summed E-state index contributed by atoms with van der Waals surface area (Å²) >= 11 is 5.87. The van der Waals surface area contributed by atoms with Crippen LogP contribution in [0, 0.1) is 0 Å². The molecule has 0 saturated heterocycles. The minimum Gasteiger partial charge on any atom is -0.396 e. The molecule has 0 atom stereocenters. The van der Waals surface area contributed by atoms with Crippen molar-refractivity contribution in [2.75, 3.05) is 17.7 Å². The molecular weight excluding hydrogens is 210 g/mol. The number of hydrogen-bond acceptors (Lipinski definition) is 3. The maximum absolute atomic E-state index is 5.90. The Morgan fingerprint density at radius 1 is 1.40 bits per heavy atom. The normalized spacial score (nSPS) is 16.9. The Labute approximate surface area is 95.2 Å². The summed E-state index contributed by atoms with van der Waals surface area (Å²) in [6.45, 7) is 0. The van der Waals surface area contributed by atoms with Crippen molar-refractivity contribution in [3.05, 3.63) is 17.3 Å². The first-order valence-corrected chi connectivity index (χ1v) is 5.71. The van der Waals surface area contributed by atoms with E-state index in [0.29, 0.717) is 16.9 Å². The summed E-state index contributed by atoms with van der Waals surface area (Å²) < 4.78 is 0. The molecule has 1 aliphatic rings. The fourth-order valence-electron chi connectivity index (χ4n) is 2.18. The van der Waals surface area contributed by atoms with Crippen molar-refractivity contribution in [1.29, 1.82) is 0 Å². The number of halogens is 1. The summed E-state index contributed by atoms with van der Waals surface area (Å²) in [4.78, 5) is 6.44. The molecule has 1 aliphatic carbocycles. The maximum Gasteiger partial charge on any atom is 0.153 e. The van der Waals surface area contributed by atoms with E-state index >= 15 is 0 Å². The van der Waals surface area contributed by atoms with E-state index in [2.05, 4.69) is 9.88 Å². The van der Waals surface area contributed by atoms with E-state index in [4.69, 9.17) is 17.3 Å². The predicted molar refractivity (Wildman–Crippen MR) is 64.3 cm³/mol. The zero-order valence-corrected chi connectivity index (χ0v) is 9.67. The zero-order valence-electron chi connectivity index (χ0n) is 8.91. The van der Waals surface area contributed by atoms with Gasteiger partial charge in [-0.25, -0.2) is 4.98 Å². The summed E-state index contributed by atoms with van der Waals surface area (Å²) in [6.07, 6.45) is 5.05. The fraction of sp³-hybridized carbons (Fsp3) is 0.545. The lowest BCUT2D eigenvalue weighted by molar-refractivity contribution is 0.647. The summed E-state index contributed by atoms with van der Waals surface area (Å²) in [6, 6.07) is 4.11. The van der Waals surface area contributed by atoms with Crippen LogP contribution in [-0.4, -0.2) is 18.1 Å². The van der Waals surface area contributed by atoms with Crippen LogP contribution in [0.2, 0.25) is 5.15 Å². The Morgan fingerprint density at radius 3 is 2.73 bits per heavy atom. The third-order valence-corrected chi connectivity index (χ3v) is 3.29. The SMILES string of the molecule is CN(c1nc(Cl)ccc1N)C1CCCC1. The van der Waals surface area contributed by atoms with Crippen LogP contribution < -0.4 is 10.6 Å². The Morgan fingerprint density at radius 2 is 2.07 bits per heavy atom. The highest BCUT2D eigenvalue weighted by molar-refractivity contribution is 6.29. The van der Waals surface area contributed by atoms with Crippen LogP contribution in [0.25, 0.3) is 0 Å². The number of nitrogen functional groups attached to an aromatic ring is 1. The van der Waals surface area contributed by atoms with E-state index in [1.54, 1.807) is 6.07 Å². The molecule has 0 aromatic carbocycles. The molecule has 4 heteroatoms. The van der Waals surface area contributed by atoms with Gasteiger partial charge in [0.25, 0.3) is 0 Å². The molecule has 1 fully saturated rings. The van der Waals surface area contributed by atoms with E-state index < -0.39 is 0 Å². The van der Waals surface area contributed by atoms with Crippen LogP contribution in [0.15, 0.2) is 12.1 Å². The van der Waals surface area contributed by atoms with Crippen LogP contribution in [0.5, 0.6) is 0 Å². The first-order chi connectivity index (χ1) is 7.18. The molecule has 15 heavy (non-hydrogen) atoms. The largest absolute Gasteiger partial charge is 0.396 e. The number of rotatable bonds is 2. The van der Waals surface area contributed by atoms with E-state index in [1.807, 2.05) is 13.1 Å². The summed E-state index contributed by atoms with van der Waals surface area (Å²) in [5.74, 6) is 0.814. The monoisotopic (exact) mass is 225 g/mol. The molecule has 0 amide bonds. The summed E-state index contributed by atoms with van der Waals surface area (Å²) in [7, 11) is 2.05. The molecule has 3 nitrogen and oxygen atoms in total. The topological polar surface area (TPSA) is 42.2 Å². The number of aromatic nitrogens is 1. The van der Waals surface area contributed by atoms with Gasteiger partial charge in [0.05, 0.1) is 5.69 Å². The van der Waals surface area contributed by atoms with Gasteiger partial charge in [0.15, 0.2) is 5.82 Å². The average Bonchev–Trinajstić information content (AvgIpc) is 2.74. The molecule has 1 aromatic rings.